The van der Waals surface area contributed by atoms with Gasteiger partial charge >= 0.3 is 0 Å². The van der Waals surface area contributed by atoms with Crippen LogP contribution in [-0.4, -0.2) is 62.0 Å². The minimum Gasteiger partial charge on any atom is -0.493 e. The Morgan fingerprint density at radius 3 is 2.74 bits per heavy atom. The van der Waals surface area contributed by atoms with Gasteiger partial charge in [0.2, 0.25) is 11.8 Å². The number of ether oxygens (including phenoxy) is 2. The molecule has 0 saturated carbocycles. The molecule has 2 amide bonds. The average Bonchev–Trinajstić information content (AvgIpc) is 3.03. The highest BCUT2D eigenvalue weighted by atomic mass is 16.5. The van der Waals surface area contributed by atoms with E-state index in [1.54, 1.807) is 14.2 Å². The number of fused-ring (bicyclic) bond motifs is 1. The van der Waals surface area contributed by atoms with Crippen molar-refractivity contribution in [2.24, 2.45) is 5.92 Å². The van der Waals surface area contributed by atoms with E-state index in [1.807, 2.05) is 52.3 Å². The first-order valence-electron chi connectivity index (χ1n) is 10.7. The highest BCUT2D eigenvalue weighted by Gasteiger charge is 2.36. The van der Waals surface area contributed by atoms with Crippen LogP contribution in [0.5, 0.6) is 11.5 Å². The maximum absolute atomic E-state index is 13.2. The Labute approximate surface area is 182 Å². The van der Waals surface area contributed by atoms with Gasteiger partial charge in [0, 0.05) is 44.8 Å². The topological polar surface area (TPSA) is 71.1 Å². The second-order valence-electron chi connectivity index (χ2n) is 8.02. The van der Waals surface area contributed by atoms with Crippen LogP contribution in [0.1, 0.15) is 17.5 Å². The summed E-state index contributed by atoms with van der Waals surface area (Å²) in [7, 11) is 3.22. The fourth-order valence-corrected chi connectivity index (χ4v) is 4.34. The molecule has 0 spiro atoms. The summed E-state index contributed by atoms with van der Waals surface area (Å²) in [5.41, 5.74) is 3.26. The smallest absolute Gasteiger partial charge is 0.228 e. The predicted molar refractivity (Wildman–Crippen MR) is 118 cm³/mol. The third-order valence-electron chi connectivity index (χ3n) is 6.07. The number of para-hydroxylation sites is 1. The zero-order valence-corrected chi connectivity index (χ0v) is 18.1. The fourth-order valence-electron chi connectivity index (χ4n) is 4.34. The third kappa shape index (κ3) is 4.60. The number of likely N-dealkylation sites (tertiary alicyclic amines) is 1. The molecule has 2 heterocycles. The Balaban J connectivity index is 1.36. The summed E-state index contributed by atoms with van der Waals surface area (Å²) in [6.45, 7) is 3.01. The van der Waals surface area contributed by atoms with Gasteiger partial charge in [-0.05, 0) is 35.7 Å². The van der Waals surface area contributed by atoms with Gasteiger partial charge in [-0.1, -0.05) is 24.3 Å². The van der Waals surface area contributed by atoms with E-state index in [9.17, 15) is 9.59 Å². The molecule has 164 valence electrons. The van der Waals surface area contributed by atoms with Crippen molar-refractivity contribution in [1.29, 1.82) is 0 Å². The Kier molecular flexibility index (Phi) is 6.30. The summed E-state index contributed by atoms with van der Waals surface area (Å²) in [5, 5.41) is 3.38. The van der Waals surface area contributed by atoms with Gasteiger partial charge in [-0.25, -0.2) is 0 Å². The zero-order chi connectivity index (χ0) is 21.8. The number of anilines is 1. The van der Waals surface area contributed by atoms with E-state index >= 15 is 0 Å². The highest BCUT2D eigenvalue weighted by Crippen LogP contribution is 2.29. The molecule has 1 N–H and O–H groups in total. The molecular formula is C24H29N3O4. The van der Waals surface area contributed by atoms with Crippen LogP contribution in [0, 0.1) is 5.92 Å². The lowest BCUT2D eigenvalue weighted by atomic mass is 10.1. The molecule has 0 bridgehead atoms. The number of benzene rings is 2. The Morgan fingerprint density at radius 2 is 1.94 bits per heavy atom. The van der Waals surface area contributed by atoms with Crippen LogP contribution in [0.3, 0.4) is 0 Å². The molecule has 0 aromatic heterocycles. The second kappa shape index (κ2) is 9.29. The van der Waals surface area contributed by atoms with E-state index in [4.69, 9.17) is 9.47 Å². The number of amides is 2. The van der Waals surface area contributed by atoms with Crippen molar-refractivity contribution in [2.75, 3.05) is 45.7 Å². The van der Waals surface area contributed by atoms with Gasteiger partial charge in [-0.2, -0.15) is 0 Å². The summed E-state index contributed by atoms with van der Waals surface area (Å²) in [6, 6.07) is 13.9. The monoisotopic (exact) mass is 423 g/mol. The van der Waals surface area contributed by atoms with Gasteiger partial charge < -0.3 is 24.6 Å². The number of carbonyl (C=O) groups excluding carboxylic acids is 2. The zero-order valence-electron chi connectivity index (χ0n) is 18.1. The van der Waals surface area contributed by atoms with Crippen LogP contribution in [-0.2, 0) is 22.6 Å². The fraction of sp³-hybridized carbons (Fsp3) is 0.417. The number of carbonyl (C=O) groups is 2. The van der Waals surface area contributed by atoms with E-state index in [1.165, 1.54) is 0 Å². The standard InChI is InChI=1S/C24H29N3O4/c1-30-21-8-7-17(13-22(21)31-2)9-11-26-16-19(14-23(26)28)24(29)27-12-10-25-20-6-4-3-5-18(20)15-27/h3-8,13,19,25H,9-12,14-16H2,1-2H3. The number of methoxy groups -OCH3 is 2. The van der Waals surface area contributed by atoms with Crippen molar-refractivity contribution in [3.05, 3.63) is 53.6 Å². The maximum atomic E-state index is 13.2. The number of hydrogen-bond acceptors (Lipinski definition) is 5. The molecule has 1 saturated heterocycles. The van der Waals surface area contributed by atoms with E-state index in [0.717, 1.165) is 16.8 Å². The lowest BCUT2D eigenvalue weighted by Crippen LogP contribution is -2.38. The minimum absolute atomic E-state index is 0.0483. The quantitative estimate of drug-likeness (QED) is 0.773. The molecule has 0 aliphatic carbocycles. The van der Waals surface area contributed by atoms with Crippen LogP contribution >= 0.6 is 0 Å². The van der Waals surface area contributed by atoms with E-state index in [2.05, 4.69) is 5.32 Å². The van der Waals surface area contributed by atoms with E-state index in [-0.39, 0.29) is 24.2 Å². The SMILES string of the molecule is COc1ccc(CCN2CC(C(=O)N3CCNc4ccccc4C3)CC2=O)cc1OC. The molecule has 31 heavy (non-hydrogen) atoms. The summed E-state index contributed by atoms with van der Waals surface area (Å²) in [6.07, 6.45) is 0.990. The van der Waals surface area contributed by atoms with Crippen molar-refractivity contribution >= 4 is 17.5 Å². The van der Waals surface area contributed by atoms with Crippen LogP contribution in [0.15, 0.2) is 42.5 Å². The first-order chi connectivity index (χ1) is 15.1. The van der Waals surface area contributed by atoms with Crippen molar-refractivity contribution in [3.63, 3.8) is 0 Å². The molecule has 4 rings (SSSR count). The molecule has 2 aliphatic heterocycles. The molecule has 1 atom stereocenters. The Bertz CT molecular complexity index is 962. The van der Waals surface area contributed by atoms with Gasteiger partial charge in [-0.15, -0.1) is 0 Å². The predicted octanol–water partition coefficient (Wildman–Crippen LogP) is 2.55. The van der Waals surface area contributed by atoms with Crippen molar-refractivity contribution in [1.82, 2.24) is 9.80 Å². The molecular weight excluding hydrogens is 394 g/mol. The molecule has 2 aliphatic rings. The molecule has 0 radical (unpaired) electrons. The highest BCUT2D eigenvalue weighted by molar-refractivity contribution is 5.89. The summed E-state index contributed by atoms with van der Waals surface area (Å²) >= 11 is 0. The lowest BCUT2D eigenvalue weighted by molar-refractivity contribution is -0.136. The van der Waals surface area contributed by atoms with Gasteiger partial charge in [0.15, 0.2) is 11.5 Å². The van der Waals surface area contributed by atoms with Gasteiger partial charge in [0.05, 0.1) is 20.1 Å². The minimum atomic E-state index is -0.275. The van der Waals surface area contributed by atoms with Gasteiger partial charge in [0.1, 0.15) is 0 Å². The molecule has 2 aromatic carbocycles. The van der Waals surface area contributed by atoms with Crippen LogP contribution in [0.4, 0.5) is 5.69 Å². The largest absolute Gasteiger partial charge is 0.493 e. The van der Waals surface area contributed by atoms with Crippen LogP contribution < -0.4 is 14.8 Å². The third-order valence-corrected chi connectivity index (χ3v) is 6.07. The van der Waals surface area contributed by atoms with E-state index < -0.39 is 0 Å². The van der Waals surface area contributed by atoms with Crippen LogP contribution in [0.25, 0.3) is 0 Å². The summed E-state index contributed by atoms with van der Waals surface area (Å²) in [5.74, 6) is 1.20. The summed E-state index contributed by atoms with van der Waals surface area (Å²) in [4.78, 5) is 29.4. The molecule has 1 unspecified atom stereocenters. The Morgan fingerprint density at radius 1 is 1.13 bits per heavy atom. The van der Waals surface area contributed by atoms with E-state index in [0.29, 0.717) is 50.6 Å². The Hall–Kier alpha value is -3.22. The van der Waals surface area contributed by atoms with Crippen molar-refractivity contribution < 1.29 is 19.1 Å². The first kappa shape index (κ1) is 21.0. The van der Waals surface area contributed by atoms with Gasteiger partial charge in [0.25, 0.3) is 0 Å². The first-order valence-corrected chi connectivity index (χ1v) is 10.7. The maximum Gasteiger partial charge on any atom is 0.228 e. The summed E-state index contributed by atoms with van der Waals surface area (Å²) < 4.78 is 10.6. The number of rotatable bonds is 6. The van der Waals surface area contributed by atoms with Gasteiger partial charge in [-0.3, -0.25) is 9.59 Å². The molecule has 1 fully saturated rings. The number of nitrogens with zero attached hydrogens (tertiary/aromatic N) is 2. The molecule has 2 aromatic rings. The number of nitrogens with one attached hydrogen (secondary N) is 1. The van der Waals surface area contributed by atoms with Crippen LogP contribution in [0.2, 0.25) is 0 Å². The molecule has 7 nitrogen and oxygen atoms in total. The van der Waals surface area contributed by atoms with Crippen molar-refractivity contribution in [3.8, 4) is 11.5 Å². The normalized spacial score (nSPS) is 18.3. The second-order valence-corrected chi connectivity index (χ2v) is 8.02. The lowest BCUT2D eigenvalue weighted by Gasteiger charge is -2.24. The molecule has 7 heteroatoms. The average molecular weight is 424 g/mol. The van der Waals surface area contributed by atoms with Crippen molar-refractivity contribution in [2.45, 2.75) is 19.4 Å². The number of hydrogen-bond donors (Lipinski definition) is 1.